The van der Waals surface area contributed by atoms with Crippen molar-refractivity contribution in [3.63, 3.8) is 0 Å². The Bertz CT molecular complexity index is 1670. The number of aromatic nitrogens is 4. The summed E-state index contributed by atoms with van der Waals surface area (Å²) in [5.41, 5.74) is 2.38. The number of para-hydroxylation sites is 1. The first-order valence-corrected chi connectivity index (χ1v) is 14.1. The minimum atomic E-state index is -1.48. The molecule has 10 nitrogen and oxygen atoms in total. The lowest BCUT2D eigenvalue weighted by Crippen LogP contribution is -2.48. The van der Waals surface area contributed by atoms with Crippen LogP contribution in [0.3, 0.4) is 0 Å². The molecular formula is C29H32N6O4S. The number of aryl methyl sites for hydroxylation is 2. The largest absolute Gasteiger partial charge is 0.459 e. The van der Waals surface area contributed by atoms with Crippen LogP contribution in [-0.4, -0.2) is 59.6 Å². The van der Waals surface area contributed by atoms with Crippen LogP contribution >= 0.6 is 11.3 Å². The zero-order chi connectivity index (χ0) is 28.2. The van der Waals surface area contributed by atoms with Crippen LogP contribution in [0.4, 0.5) is 11.8 Å². The molecule has 5 atom stereocenters. The van der Waals surface area contributed by atoms with Crippen LogP contribution in [0.5, 0.6) is 0 Å². The minimum absolute atomic E-state index is 0.225. The molecule has 5 N–H and O–H groups in total. The molecule has 0 aliphatic heterocycles. The number of rotatable bonds is 7. The van der Waals surface area contributed by atoms with Crippen molar-refractivity contribution in [2.24, 2.45) is 5.92 Å². The second-order valence-electron chi connectivity index (χ2n) is 10.7. The average Bonchev–Trinajstić information content (AvgIpc) is 3.60. The molecular weight excluding hydrogens is 528 g/mol. The van der Waals surface area contributed by atoms with Gasteiger partial charge in [-0.2, -0.15) is 4.98 Å². The number of aliphatic hydroxyl groups is 3. The third-order valence-electron chi connectivity index (χ3n) is 7.85. The SMILES string of the molecule is Cc1nc(N[C@H](C)c2cc3ccccc3o2)nc(N[C@@H]2C[C@H](CO)[C@@H](O)[C@@]2(C)O)c1-c1nc2c(C)nccc2s1. The second kappa shape index (κ2) is 10.1. The summed E-state index contributed by atoms with van der Waals surface area (Å²) in [5.74, 6) is 1.16. The van der Waals surface area contributed by atoms with E-state index in [9.17, 15) is 15.3 Å². The maximum Gasteiger partial charge on any atom is 0.225 e. The number of anilines is 2. The Labute approximate surface area is 235 Å². The van der Waals surface area contributed by atoms with E-state index in [1.54, 1.807) is 13.1 Å². The molecule has 11 heteroatoms. The van der Waals surface area contributed by atoms with E-state index >= 15 is 0 Å². The highest BCUT2D eigenvalue weighted by molar-refractivity contribution is 7.21. The van der Waals surface area contributed by atoms with Crippen molar-refractivity contribution < 1.29 is 19.7 Å². The predicted octanol–water partition coefficient (Wildman–Crippen LogP) is 4.59. The van der Waals surface area contributed by atoms with Gasteiger partial charge in [-0.05, 0) is 52.3 Å². The molecule has 1 aliphatic carbocycles. The fourth-order valence-corrected chi connectivity index (χ4v) is 6.58. The van der Waals surface area contributed by atoms with E-state index in [-0.39, 0.29) is 12.6 Å². The summed E-state index contributed by atoms with van der Waals surface area (Å²) < 4.78 is 7.04. The molecule has 4 heterocycles. The van der Waals surface area contributed by atoms with E-state index in [2.05, 4.69) is 15.6 Å². The van der Waals surface area contributed by atoms with Crippen molar-refractivity contribution in [3.8, 4) is 10.6 Å². The van der Waals surface area contributed by atoms with Gasteiger partial charge >= 0.3 is 0 Å². The van der Waals surface area contributed by atoms with Crippen molar-refractivity contribution in [1.29, 1.82) is 0 Å². The first-order chi connectivity index (χ1) is 19.2. The average molecular weight is 561 g/mol. The van der Waals surface area contributed by atoms with Gasteiger partial charge in [-0.3, -0.25) is 4.98 Å². The molecule has 0 saturated heterocycles. The minimum Gasteiger partial charge on any atom is -0.459 e. The van der Waals surface area contributed by atoms with Crippen LogP contribution in [0, 0.1) is 19.8 Å². The van der Waals surface area contributed by atoms with Gasteiger partial charge in [0.2, 0.25) is 5.95 Å². The first-order valence-electron chi connectivity index (χ1n) is 13.3. The maximum absolute atomic E-state index is 11.2. The van der Waals surface area contributed by atoms with E-state index < -0.39 is 23.7 Å². The number of furan rings is 1. The molecule has 1 aromatic carbocycles. The van der Waals surface area contributed by atoms with Gasteiger partial charge in [0.1, 0.15) is 33.3 Å². The molecule has 0 radical (unpaired) electrons. The molecule has 0 bridgehead atoms. The Hall–Kier alpha value is -3.64. The third kappa shape index (κ3) is 4.58. The molecule has 208 valence electrons. The van der Waals surface area contributed by atoms with Crippen LogP contribution in [0.15, 0.2) is 47.0 Å². The Morgan fingerprint density at radius 3 is 2.67 bits per heavy atom. The Morgan fingerprint density at radius 2 is 1.95 bits per heavy atom. The van der Waals surface area contributed by atoms with Gasteiger partial charge < -0.3 is 30.4 Å². The van der Waals surface area contributed by atoms with E-state index in [1.165, 1.54) is 11.3 Å². The van der Waals surface area contributed by atoms with Crippen molar-refractivity contribution in [3.05, 3.63) is 59.7 Å². The zero-order valence-corrected chi connectivity index (χ0v) is 23.5. The monoisotopic (exact) mass is 560 g/mol. The highest BCUT2D eigenvalue weighted by Crippen LogP contribution is 2.41. The van der Waals surface area contributed by atoms with Crippen molar-refractivity contribution in [2.75, 3.05) is 17.2 Å². The number of pyridine rings is 1. The number of thiazole rings is 1. The van der Waals surface area contributed by atoms with Gasteiger partial charge in [0.15, 0.2) is 0 Å². The lowest BCUT2D eigenvalue weighted by Gasteiger charge is -2.30. The van der Waals surface area contributed by atoms with Crippen LogP contribution in [-0.2, 0) is 0 Å². The van der Waals surface area contributed by atoms with Crippen LogP contribution in [0.25, 0.3) is 31.8 Å². The molecule has 6 rings (SSSR count). The van der Waals surface area contributed by atoms with Crippen LogP contribution in [0.2, 0.25) is 0 Å². The summed E-state index contributed by atoms with van der Waals surface area (Å²) in [6, 6.07) is 11.0. The number of benzene rings is 1. The molecule has 0 unspecified atom stereocenters. The molecule has 5 aromatic rings. The number of hydrogen-bond donors (Lipinski definition) is 5. The van der Waals surface area contributed by atoms with Crippen LogP contribution < -0.4 is 10.6 Å². The van der Waals surface area contributed by atoms with Gasteiger partial charge in [0, 0.05) is 24.1 Å². The van der Waals surface area contributed by atoms with E-state index in [0.29, 0.717) is 29.4 Å². The molecule has 0 spiro atoms. The lowest BCUT2D eigenvalue weighted by atomic mass is 9.96. The van der Waals surface area contributed by atoms with Gasteiger partial charge in [0.25, 0.3) is 0 Å². The molecule has 1 aliphatic rings. The normalized spacial score (nSPS) is 23.6. The summed E-state index contributed by atoms with van der Waals surface area (Å²) in [5, 5.41) is 40.1. The molecule has 4 aromatic heterocycles. The summed E-state index contributed by atoms with van der Waals surface area (Å²) >= 11 is 1.52. The number of aliphatic hydroxyl groups excluding tert-OH is 2. The highest BCUT2D eigenvalue weighted by Gasteiger charge is 2.50. The van der Waals surface area contributed by atoms with Crippen LogP contribution in [0.1, 0.15) is 43.5 Å². The van der Waals surface area contributed by atoms with Gasteiger partial charge in [-0.1, -0.05) is 18.2 Å². The maximum atomic E-state index is 11.2. The Balaban J connectivity index is 1.40. The lowest BCUT2D eigenvalue weighted by molar-refractivity contribution is -0.0647. The highest BCUT2D eigenvalue weighted by atomic mass is 32.1. The first kappa shape index (κ1) is 26.6. The second-order valence-corrected chi connectivity index (χ2v) is 11.7. The third-order valence-corrected chi connectivity index (χ3v) is 8.88. The summed E-state index contributed by atoms with van der Waals surface area (Å²) in [6.45, 7) is 7.15. The fraction of sp³-hybridized carbons (Fsp3) is 0.379. The van der Waals surface area contributed by atoms with Gasteiger partial charge in [-0.15, -0.1) is 11.3 Å². The van der Waals surface area contributed by atoms with E-state index in [0.717, 1.165) is 37.6 Å². The topological polar surface area (TPSA) is 149 Å². The standard InChI is InChI=1S/C29H32N6O4S/c1-14(20-11-17-7-5-6-8-19(17)39-20)31-28-32-15(2)23(27-34-24-16(3)30-10-9-21(24)40-27)26(35-28)33-22-12-18(13-36)25(37)29(22,4)38/h5-11,14,18,22,25,36-38H,12-13H2,1-4H3,(H2,31,32,33,35)/t14-,18-,22-,25-,29+/m1/s1. The molecule has 40 heavy (non-hydrogen) atoms. The summed E-state index contributed by atoms with van der Waals surface area (Å²) in [7, 11) is 0. The number of fused-ring (bicyclic) bond motifs is 2. The van der Waals surface area contributed by atoms with Crippen molar-refractivity contribution >= 4 is 44.3 Å². The quantitative estimate of drug-likeness (QED) is 0.191. The number of hydrogen-bond acceptors (Lipinski definition) is 11. The Kier molecular flexibility index (Phi) is 6.70. The van der Waals surface area contributed by atoms with E-state index in [4.69, 9.17) is 19.4 Å². The van der Waals surface area contributed by atoms with Gasteiger partial charge in [-0.25, -0.2) is 9.97 Å². The summed E-state index contributed by atoms with van der Waals surface area (Å²) in [6.07, 6.45) is 1.05. The van der Waals surface area contributed by atoms with E-state index in [1.807, 2.05) is 57.2 Å². The smallest absolute Gasteiger partial charge is 0.225 e. The number of nitrogens with zero attached hydrogens (tertiary/aromatic N) is 4. The molecule has 1 saturated carbocycles. The molecule has 0 amide bonds. The Morgan fingerprint density at radius 1 is 1.15 bits per heavy atom. The molecule has 1 fully saturated rings. The number of nitrogens with one attached hydrogen (secondary N) is 2. The predicted molar refractivity (Wildman–Crippen MR) is 155 cm³/mol. The van der Waals surface area contributed by atoms with Gasteiger partial charge in [0.05, 0.1) is 39.8 Å². The van der Waals surface area contributed by atoms with Crippen molar-refractivity contribution in [2.45, 2.75) is 57.9 Å². The fourth-order valence-electron chi connectivity index (χ4n) is 5.47. The zero-order valence-electron chi connectivity index (χ0n) is 22.7. The summed E-state index contributed by atoms with van der Waals surface area (Å²) in [4.78, 5) is 18.9. The van der Waals surface area contributed by atoms with Crippen molar-refractivity contribution in [1.82, 2.24) is 19.9 Å².